The van der Waals surface area contributed by atoms with Gasteiger partial charge in [-0.05, 0) is 25.7 Å². The first kappa shape index (κ1) is 13.3. The number of aliphatic hydroxyl groups excluding tert-OH is 1. The quantitative estimate of drug-likeness (QED) is 0.677. The van der Waals surface area contributed by atoms with Gasteiger partial charge in [-0.3, -0.25) is 9.59 Å². The maximum Gasteiger partial charge on any atom is 0.307 e. The highest BCUT2D eigenvalue weighted by molar-refractivity contribution is 5.84. The van der Waals surface area contributed by atoms with E-state index in [1.54, 1.807) is 0 Å². The van der Waals surface area contributed by atoms with Crippen LogP contribution in [0.15, 0.2) is 0 Å². The van der Waals surface area contributed by atoms with E-state index in [9.17, 15) is 14.7 Å². The van der Waals surface area contributed by atoms with Gasteiger partial charge in [0.15, 0.2) is 0 Å². The van der Waals surface area contributed by atoms with Crippen molar-refractivity contribution >= 4 is 11.9 Å². The van der Waals surface area contributed by atoms with Crippen molar-refractivity contribution < 1.29 is 19.8 Å². The molecule has 2 saturated carbocycles. The Balaban J connectivity index is 1.88. The van der Waals surface area contributed by atoms with Gasteiger partial charge in [0.05, 0.1) is 18.4 Å². The molecule has 2 rings (SSSR count). The summed E-state index contributed by atoms with van der Waals surface area (Å²) in [5.74, 6) is -1.95. The molecule has 0 radical (unpaired) electrons. The number of carbonyl (C=O) groups is 2. The van der Waals surface area contributed by atoms with Crippen molar-refractivity contribution in [2.45, 2.75) is 38.5 Å². The first-order valence-electron chi connectivity index (χ1n) is 6.69. The molecule has 0 aromatic carbocycles. The molecular formula is C13H21NO4. The summed E-state index contributed by atoms with van der Waals surface area (Å²) >= 11 is 0. The summed E-state index contributed by atoms with van der Waals surface area (Å²) in [6, 6.07) is 0. The number of nitrogens with one attached hydrogen (secondary N) is 1. The molecule has 2 fully saturated rings. The second-order valence-electron chi connectivity index (χ2n) is 5.71. The van der Waals surface area contributed by atoms with Gasteiger partial charge in [0.2, 0.25) is 5.91 Å². The van der Waals surface area contributed by atoms with E-state index in [1.165, 1.54) is 0 Å². The van der Waals surface area contributed by atoms with Gasteiger partial charge in [0.25, 0.3) is 0 Å². The van der Waals surface area contributed by atoms with Crippen LogP contribution in [-0.2, 0) is 9.59 Å². The van der Waals surface area contributed by atoms with Gasteiger partial charge in [0, 0.05) is 12.0 Å². The molecule has 2 aliphatic carbocycles. The molecule has 0 spiro atoms. The number of carbonyl (C=O) groups excluding carboxylic acids is 1. The van der Waals surface area contributed by atoms with Crippen molar-refractivity contribution in [3.63, 3.8) is 0 Å². The highest BCUT2D eigenvalue weighted by atomic mass is 16.4. The molecule has 5 nitrogen and oxygen atoms in total. The molecule has 0 unspecified atom stereocenters. The Labute approximate surface area is 107 Å². The van der Waals surface area contributed by atoms with Crippen LogP contribution < -0.4 is 5.32 Å². The minimum atomic E-state index is -0.863. The fourth-order valence-electron chi connectivity index (χ4n) is 2.71. The molecule has 0 bridgehead atoms. The van der Waals surface area contributed by atoms with Crippen molar-refractivity contribution in [1.29, 1.82) is 0 Å². The third-order valence-corrected chi connectivity index (χ3v) is 4.35. The SMILES string of the molecule is O=C(O)[C@H]1CCCC[C@H]1C(=O)NCC1(CO)CC1. The van der Waals surface area contributed by atoms with E-state index in [0.717, 1.165) is 25.7 Å². The molecule has 0 aromatic heterocycles. The number of aliphatic hydroxyl groups is 1. The van der Waals surface area contributed by atoms with E-state index in [1.807, 2.05) is 0 Å². The first-order chi connectivity index (χ1) is 8.58. The van der Waals surface area contributed by atoms with Gasteiger partial charge in [-0.2, -0.15) is 0 Å². The van der Waals surface area contributed by atoms with Gasteiger partial charge < -0.3 is 15.5 Å². The number of hydrogen-bond donors (Lipinski definition) is 3. The highest BCUT2D eigenvalue weighted by Gasteiger charge is 2.43. The lowest BCUT2D eigenvalue weighted by atomic mass is 9.78. The molecule has 0 aromatic rings. The third-order valence-electron chi connectivity index (χ3n) is 4.35. The van der Waals surface area contributed by atoms with Crippen molar-refractivity contribution in [2.24, 2.45) is 17.3 Å². The zero-order valence-electron chi connectivity index (χ0n) is 10.5. The van der Waals surface area contributed by atoms with Crippen LogP contribution in [0.4, 0.5) is 0 Å². The molecule has 0 heterocycles. The van der Waals surface area contributed by atoms with E-state index < -0.39 is 17.8 Å². The van der Waals surface area contributed by atoms with Crippen LogP contribution in [-0.4, -0.2) is 35.2 Å². The zero-order chi connectivity index (χ0) is 13.2. The number of hydrogen-bond acceptors (Lipinski definition) is 3. The summed E-state index contributed by atoms with van der Waals surface area (Å²) in [6.07, 6.45) is 4.95. The normalized spacial score (nSPS) is 29.6. The molecule has 2 atom stereocenters. The minimum Gasteiger partial charge on any atom is -0.481 e. The number of carboxylic acids is 1. The fraction of sp³-hybridized carbons (Fsp3) is 0.846. The van der Waals surface area contributed by atoms with E-state index in [4.69, 9.17) is 5.11 Å². The Bertz CT molecular complexity index is 338. The molecule has 3 N–H and O–H groups in total. The lowest BCUT2D eigenvalue weighted by molar-refractivity contribution is -0.149. The Morgan fingerprint density at radius 2 is 1.78 bits per heavy atom. The molecule has 0 aliphatic heterocycles. The van der Waals surface area contributed by atoms with Crippen molar-refractivity contribution in [3.05, 3.63) is 0 Å². The van der Waals surface area contributed by atoms with Crippen molar-refractivity contribution in [2.75, 3.05) is 13.2 Å². The monoisotopic (exact) mass is 255 g/mol. The Morgan fingerprint density at radius 3 is 2.28 bits per heavy atom. The van der Waals surface area contributed by atoms with Crippen LogP contribution in [0.3, 0.4) is 0 Å². The first-order valence-corrected chi connectivity index (χ1v) is 6.69. The van der Waals surface area contributed by atoms with Gasteiger partial charge >= 0.3 is 5.97 Å². The number of carboxylic acid groups (broad SMARTS) is 1. The topological polar surface area (TPSA) is 86.6 Å². The molecule has 2 aliphatic rings. The van der Waals surface area contributed by atoms with E-state index in [2.05, 4.69) is 5.32 Å². The summed E-state index contributed by atoms with van der Waals surface area (Å²) in [5.41, 5.74) is -0.122. The fourth-order valence-corrected chi connectivity index (χ4v) is 2.71. The predicted octanol–water partition coefficient (Wildman–Crippen LogP) is 0.766. The van der Waals surface area contributed by atoms with Gasteiger partial charge in [-0.25, -0.2) is 0 Å². The minimum absolute atomic E-state index is 0.0975. The lowest BCUT2D eigenvalue weighted by Gasteiger charge is -2.28. The van der Waals surface area contributed by atoms with Crippen LogP contribution in [0.5, 0.6) is 0 Å². The van der Waals surface area contributed by atoms with E-state index >= 15 is 0 Å². The molecule has 18 heavy (non-hydrogen) atoms. The molecule has 102 valence electrons. The largest absolute Gasteiger partial charge is 0.481 e. The average molecular weight is 255 g/mol. The van der Waals surface area contributed by atoms with Crippen LogP contribution in [0, 0.1) is 17.3 Å². The smallest absolute Gasteiger partial charge is 0.307 e. The molecular weight excluding hydrogens is 234 g/mol. The second kappa shape index (κ2) is 5.26. The maximum atomic E-state index is 12.0. The van der Waals surface area contributed by atoms with E-state index in [0.29, 0.717) is 19.4 Å². The third kappa shape index (κ3) is 2.83. The van der Waals surface area contributed by atoms with Crippen molar-refractivity contribution in [1.82, 2.24) is 5.32 Å². The molecule has 5 heteroatoms. The average Bonchev–Trinajstić information content (AvgIpc) is 3.16. The Morgan fingerprint density at radius 1 is 1.17 bits per heavy atom. The summed E-state index contributed by atoms with van der Waals surface area (Å²) in [5, 5.41) is 21.1. The number of amides is 1. The maximum absolute atomic E-state index is 12.0. The molecule has 0 saturated heterocycles. The molecule has 1 amide bonds. The van der Waals surface area contributed by atoms with Crippen molar-refractivity contribution in [3.8, 4) is 0 Å². The summed E-state index contributed by atoms with van der Waals surface area (Å²) in [4.78, 5) is 23.2. The Hall–Kier alpha value is -1.10. The summed E-state index contributed by atoms with van der Waals surface area (Å²) in [7, 11) is 0. The van der Waals surface area contributed by atoms with Gasteiger partial charge in [-0.15, -0.1) is 0 Å². The van der Waals surface area contributed by atoms with Crippen LogP contribution in [0.25, 0.3) is 0 Å². The standard InChI is InChI=1S/C13H21NO4/c15-8-13(5-6-13)7-14-11(16)9-3-1-2-4-10(9)12(17)18/h9-10,15H,1-8H2,(H,14,16)(H,17,18)/t9-,10+/m1/s1. The second-order valence-corrected chi connectivity index (χ2v) is 5.71. The zero-order valence-corrected chi connectivity index (χ0v) is 10.5. The summed E-state index contributed by atoms with van der Waals surface area (Å²) < 4.78 is 0. The predicted molar refractivity (Wildman–Crippen MR) is 64.8 cm³/mol. The van der Waals surface area contributed by atoms with Crippen LogP contribution >= 0.6 is 0 Å². The lowest BCUT2D eigenvalue weighted by Crippen LogP contribution is -2.42. The number of rotatable bonds is 5. The van der Waals surface area contributed by atoms with Crippen LogP contribution in [0.2, 0.25) is 0 Å². The number of aliphatic carboxylic acids is 1. The van der Waals surface area contributed by atoms with Crippen LogP contribution in [0.1, 0.15) is 38.5 Å². The summed E-state index contributed by atoms with van der Waals surface area (Å²) in [6.45, 7) is 0.575. The van der Waals surface area contributed by atoms with Gasteiger partial charge in [-0.1, -0.05) is 12.8 Å². The Kier molecular flexibility index (Phi) is 3.90. The van der Waals surface area contributed by atoms with Gasteiger partial charge in [0.1, 0.15) is 0 Å². The highest BCUT2D eigenvalue weighted by Crippen LogP contribution is 2.44. The van der Waals surface area contributed by atoms with E-state index in [-0.39, 0.29) is 17.9 Å².